The van der Waals surface area contributed by atoms with Gasteiger partial charge in [-0.2, -0.15) is 5.10 Å². The minimum absolute atomic E-state index is 0.0417. The molecule has 1 aromatic heterocycles. The molecule has 0 saturated carbocycles. The number of aldehydes is 3. The van der Waals surface area contributed by atoms with Crippen molar-refractivity contribution in [2.24, 2.45) is 11.0 Å². The zero-order valence-electron chi connectivity index (χ0n) is 34.0. The highest BCUT2D eigenvalue weighted by Crippen LogP contribution is 2.26. The number of benzene rings is 4. The number of para-hydroxylation sites is 1. The maximum atomic E-state index is 10.3. The number of rotatable bonds is 11. The third-order valence-electron chi connectivity index (χ3n) is 6.64. The lowest BCUT2D eigenvalue weighted by Crippen LogP contribution is -2.15. The zero-order valence-corrected chi connectivity index (χ0v) is 34.8. The summed E-state index contributed by atoms with van der Waals surface area (Å²) in [5.74, 6) is 1.33. The van der Waals surface area contributed by atoms with Gasteiger partial charge in [0, 0.05) is 29.9 Å². The molecule has 0 bridgehead atoms. The van der Waals surface area contributed by atoms with Crippen LogP contribution in [0.1, 0.15) is 78.9 Å². The van der Waals surface area contributed by atoms with E-state index in [0.717, 1.165) is 68.1 Å². The number of aromatic nitrogens is 1. The van der Waals surface area contributed by atoms with E-state index in [1.54, 1.807) is 93.5 Å². The second kappa shape index (κ2) is 27.4. The molecule has 4 aromatic carbocycles. The molecule has 1 heterocycles. The van der Waals surface area contributed by atoms with E-state index in [2.05, 4.69) is 36.3 Å². The molecule has 0 fully saturated rings. The number of carboxylic acid groups (broad SMARTS) is 1. The average Bonchev–Trinajstić information content (AvgIpc) is 3.63. The molecule has 12 heteroatoms. The molecule has 302 valence electrons. The van der Waals surface area contributed by atoms with Crippen molar-refractivity contribution in [3.05, 3.63) is 131 Å². The first-order chi connectivity index (χ1) is 27.2. The van der Waals surface area contributed by atoms with Crippen LogP contribution in [-0.2, 0) is 14.3 Å². The lowest BCUT2D eigenvalue weighted by molar-refractivity contribution is -0.131. The number of carbonyl (C=O) groups is 4. The summed E-state index contributed by atoms with van der Waals surface area (Å²) in [6, 6.07) is 27.1. The Morgan fingerprint density at radius 2 is 1.32 bits per heavy atom. The van der Waals surface area contributed by atoms with Gasteiger partial charge in [-0.25, -0.2) is 9.78 Å². The van der Waals surface area contributed by atoms with Gasteiger partial charge in [0.2, 0.25) is 5.13 Å². The minimum atomic E-state index is -0.987. The Morgan fingerprint density at radius 1 is 0.789 bits per heavy atom. The van der Waals surface area contributed by atoms with Crippen molar-refractivity contribution < 1.29 is 38.5 Å². The molecular formula is C45H53N3O8S. The number of carbonyl (C=O) groups excluding carboxylic acids is 3. The van der Waals surface area contributed by atoms with Crippen molar-refractivity contribution in [3.8, 4) is 11.5 Å². The lowest BCUT2D eigenvalue weighted by Gasteiger charge is -2.14. The Kier molecular flexibility index (Phi) is 23.4. The second-order valence-electron chi connectivity index (χ2n) is 13.2. The molecule has 0 spiro atoms. The van der Waals surface area contributed by atoms with Crippen LogP contribution in [0.5, 0.6) is 11.5 Å². The maximum Gasteiger partial charge on any atom is 0.328 e. The number of thiazole rings is 1. The number of hydrogen-bond donors (Lipinski definition) is 2. The van der Waals surface area contributed by atoms with Gasteiger partial charge < -0.3 is 19.3 Å². The molecule has 57 heavy (non-hydrogen) atoms. The van der Waals surface area contributed by atoms with Gasteiger partial charge in [-0.3, -0.25) is 19.8 Å². The summed E-state index contributed by atoms with van der Waals surface area (Å²) in [5, 5.41) is 13.3. The first-order valence-corrected chi connectivity index (χ1v) is 18.5. The number of hydrogen-bond acceptors (Lipinski definition) is 11. The van der Waals surface area contributed by atoms with Gasteiger partial charge >= 0.3 is 5.97 Å². The van der Waals surface area contributed by atoms with Crippen molar-refractivity contribution in [3.63, 3.8) is 0 Å². The molecular weight excluding hydrogens is 743 g/mol. The summed E-state index contributed by atoms with van der Waals surface area (Å²) >= 11 is 1.56. The van der Waals surface area contributed by atoms with E-state index in [1.807, 2.05) is 63.2 Å². The summed E-state index contributed by atoms with van der Waals surface area (Å²) in [7, 11) is 4.96. The number of hydrazone groups is 1. The van der Waals surface area contributed by atoms with Gasteiger partial charge in [-0.1, -0.05) is 98.8 Å². The minimum Gasteiger partial charge on any atom is -0.497 e. The van der Waals surface area contributed by atoms with Gasteiger partial charge in [0.1, 0.15) is 30.4 Å². The van der Waals surface area contributed by atoms with Gasteiger partial charge in [-0.05, 0) is 80.3 Å². The number of fused-ring (bicyclic) bond motifs is 1. The van der Waals surface area contributed by atoms with E-state index in [-0.39, 0.29) is 5.60 Å². The monoisotopic (exact) mass is 795 g/mol. The van der Waals surface area contributed by atoms with Crippen LogP contribution in [0.4, 0.5) is 5.13 Å². The third-order valence-corrected chi connectivity index (χ3v) is 7.58. The molecule has 0 saturated heterocycles. The van der Waals surface area contributed by atoms with Gasteiger partial charge in [0.15, 0.2) is 0 Å². The van der Waals surface area contributed by atoms with Crippen LogP contribution in [-0.4, -0.2) is 68.1 Å². The highest BCUT2D eigenvalue weighted by Gasteiger charge is 2.05. The topological polar surface area (TPSA) is 153 Å². The fraction of sp³-hybridized carbons (Fsp3) is 0.244. The molecule has 0 aliphatic carbocycles. The molecule has 0 aliphatic heterocycles. The van der Waals surface area contributed by atoms with E-state index < -0.39 is 5.97 Å². The average molecular weight is 796 g/mol. The number of nitrogens with one attached hydrogen (secondary N) is 1. The van der Waals surface area contributed by atoms with Gasteiger partial charge in [0.05, 0.1) is 36.3 Å². The number of carboxylic acids is 1. The predicted octanol–water partition coefficient (Wildman–Crippen LogP) is 10.2. The summed E-state index contributed by atoms with van der Waals surface area (Å²) in [4.78, 5) is 45.1. The van der Waals surface area contributed by atoms with Crippen molar-refractivity contribution in [1.29, 1.82) is 0 Å². The first kappa shape index (κ1) is 48.8. The van der Waals surface area contributed by atoms with E-state index >= 15 is 0 Å². The molecule has 0 amide bonds. The molecule has 0 atom stereocenters. The summed E-state index contributed by atoms with van der Waals surface area (Å²) in [6.45, 7) is 12.6. The van der Waals surface area contributed by atoms with Crippen LogP contribution >= 0.6 is 11.3 Å². The standard InChI is InChI=1S/C16H15N3O2S.C10H8O3.C10H8O2.C5H12O.C4H10/c1-20-12-7-8-14(21-2)11(9-12)10-17-19-16-18-13-5-3-4-6-15(13)22-16;11-7-9-3-1-8(2-4-9)5-6-10(12)13;11-7-1-2-9-3-5-10(8-12)6-4-9;1-5(2,3)6-4;1-4(2)3/h3-10H,1-2H3,(H,18,19);1-7H,(H,12,13);1-8H;1-4H3;4H,1-3H3/b17-10+;6-5+;2-1+;;. The maximum absolute atomic E-state index is 10.3. The molecule has 0 unspecified atom stereocenters. The van der Waals surface area contributed by atoms with E-state index in [9.17, 15) is 19.2 Å². The number of aliphatic carboxylic acids is 1. The Morgan fingerprint density at radius 3 is 1.77 bits per heavy atom. The normalized spacial score (nSPS) is 10.6. The van der Waals surface area contributed by atoms with Crippen LogP contribution in [0.3, 0.4) is 0 Å². The van der Waals surface area contributed by atoms with Crippen molar-refractivity contribution in [2.45, 2.75) is 47.1 Å². The fourth-order valence-electron chi connectivity index (χ4n) is 3.71. The Bertz CT molecular complexity index is 1990. The highest BCUT2D eigenvalue weighted by atomic mass is 32.1. The van der Waals surface area contributed by atoms with Crippen LogP contribution in [0.15, 0.2) is 108 Å². The molecule has 0 aliphatic rings. The summed E-state index contributed by atoms with van der Waals surface area (Å²) in [6.07, 6.45) is 9.54. The SMILES string of the molecule is CC(C)C.COC(C)(C)C.COc1ccc(OC)c(/C=N/Nc2nc3ccccc3s2)c1.O=C/C=C/c1ccc(C=O)cc1.O=Cc1ccc(/C=C/C(=O)O)cc1. The number of allylic oxidation sites excluding steroid dienone is 1. The van der Waals surface area contributed by atoms with Crippen LogP contribution in [0.2, 0.25) is 0 Å². The number of nitrogens with zero attached hydrogens (tertiary/aromatic N) is 2. The number of anilines is 1. The van der Waals surface area contributed by atoms with Crippen molar-refractivity contribution >= 4 is 69.9 Å². The molecule has 2 N–H and O–H groups in total. The van der Waals surface area contributed by atoms with Crippen LogP contribution < -0.4 is 14.9 Å². The molecule has 5 aromatic rings. The van der Waals surface area contributed by atoms with Gasteiger partial charge in [-0.15, -0.1) is 0 Å². The fourth-order valence-corrected chi connectivity index (χ4v) is 4.52. The Labute approximate surface area is 339 Å². The predicted molar refractivity (Wildman–Crippen MR) is 233 cm³/mol. The molecule has 5 rings (SSSR count). The smallest absolute Gasteiger partial charge is 0.328 e. The Balaban J connectivity index is 0.000000400. The van der Waals surface area contributed by atoms with Crippen molar-refractivity contribution in [1.82, 2.24) is 4.98 Å². The zero-order chi connectivity index (χ0) is 42.6. The first-order valence-electron chi connectivity index (χ1n) is 17.7. The van der Waals surface area contributed by atoms with E-state index in [4.69, 9.17) is 19.3 Å². The largest absolute Gasteiger partial charge is 0.497 e. The number of ether oxygens (including phenoxy) is 3. The second-order valence-corrected chi connectivity index (χ2v) is 14.3. The number of methoxy groups -OCH3 is 3. The quantitative estimate of drug-likeness (QED) is 0.0571. The Hall–Kier alpha value is -6.24. The van der Waals surface area contributed by atoms with Crippen molar-refractivity contribution in [2.75, 3.05) is 26.8 Å². The van der Waals surface area contributed by atoms with E-state index in [0.29, 0.717) is 17.4 Å². The lowest BCUT2D eigenvalue weighted by atomic mass is 10.1. The third kappa shape index (κ3) is 22.0. The highest BCUT2D eigenvalue weighted by molar-refractivity contribution is 7.22. The van der Waals surface area contributed by atoms with E-state index in [1.165, 1.54) is 12.2 Å². The summed E-state index contributed by atoms with van der Waals surface area (Å²) in [5.41, 5.74) is 7.67. The van der Waals surface area contributed by atoms with Crippen LogP contribution in [0, 0.1) is 5.92 Å². The van der Waals surface area contributed by atoms with Gasteiger partial charge in [0.25, 0.3) is 0 Å². The molecule has 11 nitrogen and oxygen atoms in total. The molecule has 0 radical (unpaired) electrons. The van der Waals surface area contributed by atoms with Crippen LogP contribution in [0.25, 0.3) is 22.4 Å². The summed E-state index contributed by atoms with van der Waals surface area (Å²) < 4.78 is 16.6.